The molecule has 0 spiro atoms. The molecule has 0 heterocycles. The summed E-state index contributed by atoms with van der Waals surface area (Å²) in [5.74, 6) is -3.40. The van der Waals surface area contributed by atoms with Crippen molar-refractivity contribution >= 4 is 11.6 Å². The number of hydrogen-bond acceptors (Lipinski definition) is 5. The van der Waals surface area contributed by atoms with Crippen LogP contribution in [-0.2, 0) is 9.59 Å². The molecule has 5 nitrogen and oxygen atoms in total. The molecule has 3 N–H and O–H groups in total. The van der Waals surface area contributed by atoms with Gasteiger partial charge in [0.05, 0.1) is 12.0 Å². The van der Waals surface area contributed by atoms with Crippen molar-refractivity contribution in [2.45, 2.75) is 66.1 Å². The first-order chi connectivity index (χ1) is 11.4. The highest BCUT2D eigenvalue weighted by Gasteiger charge is 2.58. The SMILES string of the molecule is CC(C)=CCC(O)C1(O)C(O)=C(C(=O)C(C)C)C(=O)[C@H]1CC=C(C)C. The van der Waals surface area contributed by atoms with E-state index >= 15 is 0 Å². The molecule has 0 saturated heterocycles. The fourth-order valence-corrected chi connectivity index (χ4v) is 2.94. The van der Waals surface area contributed by atoms with Crippen molar-refractivity contribution in [3.05, 3.63) is 34.6 Å². The van der Waals surface area contributed by atoms with Crippen molar-refractivity contribution in [2.24, 2.45) is 11.8 Å². The third kappa shape index (κ3) is 4.28. The molecule has 25 heavy (non-hydrogen) atoms. The first-order valence-electron chi connectivity index (χ1n) is 8.63. The number of carbonyl (C=O) groups is 2. The lowest BCUT2D eigenvalue weighted by Gasteiger charge is -2.33. The van der Waals surface area contributed by atoms with Gasteiger partial charge in [0, 0.05) is 5.92 Å². The van der Waals surface area contributed by atoms with Crippen LogP contribution in [0.3, 0.4) is 0 Å². The third-order valence-corrected chi connectivity index (χ3v) is 4.50. The number of hydrogen-bond donors (Lipinski definition) is 3. The maximum Gasteiger partial charge on any atom is 0.176 e. The fourth-order valence-electron chi connectivity index (χ4n) is 2.94. The monoisotopic (exact) mass is 350 g/mol. The molecule has 0 aromatic carbocycles. The Morgan fingerprint density at radius 3 is 2.12 bits per heavy atom. The van der Waals surface area contributed by atoms with Gasteiger partial charge in [-0.1, -0.05) is 37.1 Å². The Balaban J connectivity index is 3.42. The van der Waals surface area contributed by atoms with E-state index in [9.17, 15) is 24.9 Å². The quantitative estimate of drug-likeness (QED) is 0.484. The standard InChI is InChI=1S/C20H30O5/c1-11(2)7-9-14-18(23)16(17(22)13(5)6)19(24)20(14,25)15(21)10-8-12(3)4/h7-8,13-15,21,24-25H,9-10H2,1-6H3/t14-,15?,20?/m1/s1. The lowest BCUT2D eigenvalue weighted by molar-refractivity contribution is -0.134. The van der Waals surface area contributed by atoms with Crippen molar-refractivity contribution < 1.29 is 24.9 Å². The van der Waals surface area contributed by atoms with Crippen molar-refractivity contribution in [1.29, 1.82) is 0 Å². The molecule has 0 amide bonds. The van der Waals surface area contributed by atoms with Crippen LogP contribution in [0.4, 0.5) is 0 Å². The molecule has 0 aromatic rings. The topological polar surface area (TPSA) is 94.8 Å². The van der Waals surface area contributed by atoms with Crippen molar-refractivity contribution in [3.63, 3.8) is 0 Å². The maximum absolute atomic E-state index is 12.8. The molecule has 0 fully saturated rings. The minimum absolute atomic E-state index is 0.0741. The van der Waals surface area contributed by atoms with Gasteiger partial charge in [-0.3, -0.25) is 9.59 Å². The molecule has 0 radical (unpaired) electrons. The highest BCUT2D eigenvalue weighted by molar-refractivity contribution is 6.24. The van der Waals surface area contributed by atoms with Crippen LogP contribution in [0, 0.1) is 11.8 Å². The number of rotatable bonds is 7. The minimum atomic E-state index is -2.16. The molecule has 0 bridgehead atoms. The summed E-state index contributed by atoms with van der Waals surface area (Å²) in [4.78, 5) is 25.1. The van der Waals surface area contributed by atoms with E-state index in [0.717, 1.165) is 11.1 Å². The predicted molar refractivity (Wildman–Crippen MR) is 97.0 cm³/mol. The van der Waals surface area contributed by atoms with Crippen LogP contribution in [0.5, 0.6) is 0 Å². The minimum Gasteiger partial charge on any atom is -0.508 e. The molecule has 140 valence electrons. The van der Waals surface area contributed by atoms with E-state index in [2.05, 4.69) is 0 Å². The summed E-state index contributed by atoms with van der Waals surface area (Å²) in [5.41, 5.74) is -0.651. The van der Waals surface area contributed by atoms with Crippen molar-refractivity contribution in [2.75, 3.05) is 0 Å². The van der Waals surface area contributed by atoms with Gasteiger partial charge in [0.1, 0.15) is 11.3 Å². The maximum atomic E-state index is 12.8. The zero-order valence-corrected chi connectivity index (χ0v) is 16.0. The van der Waals surface area contributed by atoms with Crippen molar-refractivity contribution in [3.8, 4) is 0 Å². The molecule has 3 atom stereocenters. The van der Waals surface area contributed by atoms with E-state index in [1.807, 2.05) is 27.7 Å². The predicted octanol–water partition coefficient (Wildman–Crippen LogP) is 3.03. The second-order valence-electron chi connectivity index (χ2n) is 7.53. The second kappa shape index (κ2) is 8.11. The summed E-state index contributed by atoms with van der Waals surface area (Å²) in [7, 11) is 0. The van der Waals surface area contributed by atoms with E-state index in [-0.39, 0.29) is 18.4 Å². The van der Waals surface area contributed by atoms with Crippen molar-refractivity contribution in [1.82, 2.24) is 0 Å². The van der Waals surface area contributed by atoms with Gasteiger partial charge in [-0.2, -0.15) is 0 Å². The molecule has 1 rings (SSSR count). The van der Waals surface area contributed by atoms with Gasteiger partial charge in [-0.05, 0) is 40.5 Å². The molecule has 0 aliphatic heterocycles. The Hall–Kier alpha value is -1.72. The van der Waals surface area contributed by atoms with Gasteiger partial charge >= 0.3 is 0 Å². The molecular formula is C20H30O5. The van der Waals surface area contributed by atoms with E-state index in [0.29, 0.717) is 0 Å². The van der Waals surface area contributed by atoms with Gasteiger partial charge in [-0.15, -0.1) is 0 Å². The Labute approximate surface area is 149 Å². The molecular weight excluding hydrogens is 320 g/mol. The molecule has 0 saturated carbocycles. The number of carbonyl (C=O) groups excluding carboxylic acids is 2. The molecule has 5 heteroatoms. The summed E-state index contributed by atoms with van der Waals surface area (Å²) < 4.78 is 0. The first-order valence-corrected chi connectivity index (χ1v) is 8.63. The van der Waals surface area contributed by atoms with Crippen LogP contribution in [0.15, 0.2) is 34.6 Å². The van der Waals surface area contributed by atoms with Crippen LogP contribution in [-0.4, -0.2) is 38.6 Å². The average Bonchev–Trinajstić information content (AvgIpc) is 2.69. The van der Waals surface area contributed by atoms with Gasteiger partial charge in [0.15, 0.2) is 17.2 Å². The van der Waals surface area contributed by atoms with Crippen LogP contribution in [0.1, 0.15) is 54.4 Å². The lowest BCUT2D eigenvalue weighted by atomic mass is 9.80. The van der Waals surface area contributed by atoms with Gasteiger partial charge < -0.3 is 15.3 Å². The van der Waals surface area contributed by atoms with Crippen LogP contribution in [0.25, 0.3) is 0 Å². The third-order valence-electron chi connectivity index (χ3n) is 4.50. The normalized spacial score (nSPS) is 24.5. The first kappa shape index (κ1) is 21.3. The summed E-state index contributed by atoms with van der Waals surface area (Å²) >= 11 is 0. The van der Waals surface area contributed by atoms with E-state index in [1.165, 1.54) is 0 Å². The zero-order chi connectivity index (χ0) is 19.5. The number of aliphatic hydroxyl groups is 3. The van der Waals surface area contributed by atoms with Crippen LogP contribution >= 0.6 is 0 Å². The van der Waals surface area contributed by atoms with E-state index in [4.69, 9.17) is 0 Å². The summed E-state index contributed by atoms with van der Waals surface area (Å²) in [5, 5.41) is 32.2. The zero-order valence-electron chi connectivity index (χ0n) is 16.0. The number of allylic oxidation sites excluding steroid dienone is 4. The largest absolute Gasteiger partial charge is 0.508 e. The Kier molecular flexibility index (Phi) is 6.91. The number of Topliss-reactive ketones (excluding diaryl/α,β-unsaturated/α-hetero) is 2. The van der Waals surface area contributed by atoms with Gasteiger partial charge in [0.2, 0.25) is 0 Å². The number of ketones is 2. The average molecular weight is 350 g/mol. The van der Waals surface area contributed by atoms with Crippen LogP contribution in [0.2, 0.25) is 0 Å². The Morgan fingerprint density at radius 2 is 1.68 bits per heavy atom. The Bertz CT molecular complexity index is 630. The smallest absolute Gasteiger partial charge is 0.176 e. The number of aliphatic hydroxyl groups excluding tert-OH is 2. The van der Waals surface area contributed by atoms with Crippen LogP contribution < -0.4 is 0 Å². The second-order valence-corrected chi connectivity index (χ2v) is 7.53. The van der Waals surface area contributed by atoms with E-state index in [1.54, 1.807) is 26.0 Å². The summed E-state index contributed by atoms with van der Waals surface area (Å²) in [6.07, 6.45) is 2.31. The summed E-state index contributed by atoms with van der Waals surface area (Å²) in [6.45, 7) is 10.6. The molecule has 1 aliphatic carbocycles. The molecule has 0 aromatic heterocycles. The highest BCUT2D eigenvalue weighted by Crippen LogP contribution is 2.43. The van der Waals surface area contributed by atoms with Gasteiger partial charge in [0.25, 0.3) is 0 Å². The van der Waals surface area contributed by atoms with E-state index < -0.39 is 40.9 Å². The summed E-state index contributed by atoms with van der Waals surface area (Å²) in [6, 6.07) is 0. The Morgan fingerprint density at radius 1 is 1.16 bits per heavy atom. The lowest BCUT2D eigenvalue weighted by Crippen LogP contribution is -2.49. The fraction of sp³-hybridized carbons (Fsp3) is 0.600. The molecule has 2 unspecified atom stereocenters. The van der Waals surface area contributed by atoms with Gasteiger partial charge in [-0.25, -0.2) is 0 Å². The highest BCUT2D eigenvalue weighted by atomic mass is 16.4. The molecule has 1 aliphatic rings.